The monoisotopic (exact) mass is 281 g/mol. The predicted octanol–water partition coefficient (Wildman–Crippen LogP) is -0.285. The highest BCUT2D eigenvalue weighted by Gasteiger charge is 2.16. The first-order valence-electron chi connectivity index (χ1n) is 5.62. The first-order valence-corrected chi connectivity index (χ1v) is 6.68. The zero-order valence-electron chi connectivity index (χ0n) is 10.5. The van der Waals surface area contributed by atoms with Gasteiger partial charge in [0.2, 0.25) is 11.3 Å². The molecule has 18 heavy (non-hydrogen) atoms. The van der Waals surface area contributed by atoms with Crippen molar-refractivity contribution in [2.24, 2.45) is 4.99 Å². The Morgan fingerprint density at radius 1 is 1.72 bits per heavy atom. The van der Waals surface area contributed by atoms with Gasteiger partial charge in [0.05, 0.1) is 12.7 Å². The van der Waals surface area contributed by atoms with Gasteiger partial charge in [-0.1, -0.05) is 0 Å². The summed E-state index contributed by atoms with van der Waals surface area (Å²) in [6, 6.07) is 0.351. The van der Waals surface area contributed by atoms with Gasteiger partial charge in [-0.15, -0.1) is 0 Å². The minimum atomic E-state index is -1.99. The van der Waals surface area contributed by atoms with Crippen LogP contribution < -0.4 is 5.48 Å². The van der Waals surface area contributed by atoms with E-state index in [1.54, 1.807) is 7.05 Å². The third kappa shape index (κ3) is 5.74. The van der Waals surface area contributed by atoms with Crippen LogP contribution in [0.1, 0.15) is 13.3 Å². The molecule has 0 saturated heterocycles. The number of hydroxylamine groups is 1. The zero-order chi connectivity index (χ0) is 13.4. The Labute approximate surface area is 109 Å². The maximum atomic E-state index is 10.8. The second kappa shape index (κ2) is 8.38. The van der Waals surface area contributed by atoms with Crippen LogP contribution in [0.3, 0.4) is 0 Å². The molecular formula is C9H19N3O5S. The summed E-state index contributed by atoms with van der Waals surface area (Å²) in [6.07, 6.45) is 0.426. The minimum absolute atomic E-state index is 0.168. The van der Waals surface area contributed by atoms with Crippen LogP contribution >= 0.6 is 0 Å². The summed E-state index contributed by atoms with van der Waals surface area (Å²) >= 11 is -1.99. The van der Waals surface area contributed by atoms with Crippen LogP contribution in [0.4, 0.5) is 0 Å². The summed E-state index contributed by atoms with van der Waals surface area (Å²) in [4.78, 5) is 8.66. The molecule has 8 nitrogen and oxygen atoms in total. The van der Waals surface area contributed by atoms with Crippen LogP contribution in [0, 0.1) is 0 Å². The maximum Gasteiger partial charge on any atom is 0.311 e. The quantitative estimate of drug-likeness (QED) is 0.594. The summed E-state index contributed by atoms with van der Waals surface area (Å²) in [5.74, 6) is 0. The zero-order valence-corrected chi connectivity index (χ0v) is 11.3. The highest BCUT2D eigenvalue weighted by molar-refractivity contribution is 7.76. The van der Waals surface area contributed by atoms with Crippen molar-refractivity contribution in [2.75, 3.05) is 33.5 Å². The van der Waals surface area contributed by atoms with E-state index in [0.29, 0.717) is 32.2 Å². The Bertz CT molecular complexity index is 302. The number of likely N-dealkylation sites (N-methyl/N-ethyl adjacent to an activating group) is 1. The van der Waals surface area contributed by atoms with Gasteiger partial charge in [-0.3, -0.25) is 4.55 Å². The van der Waals surface area contributed by atoms with Crippen LogP contribution in [0.5, 0.6) is 0 Å². The molecule has 9 heteroatoms. The van der Waals surface area contributed by atoms with Crippen molar-refractivity contribution in [1.82, 2.24) is 9.79 Å². The van der Waals surface area contributed by atoms with Crippen LogP contribution in [0.25, 0.3) is 0 Å². The lowest BCUT2D eigenvalue weighted by Gasteiger charge is -2.21. The largest absolute Gasteiger partial charge is 0.464 e. The number of aliphatic imine (C=N–C) groups is 1. The van der Waals surface area contributed by atoms with Crippen molar-refractivity contribution >= 4 is 17.3 Å². The average Bonchev–Trinajstić information content (AvgIpc) is 2.82. The van der Waals surface area contributed by atoms with Crippen molar-refractivity contribution < 1.29 is 23.1 Å². The standard InChI is InChI=1S/C9H19N3O5S/c1-3-15-8(6-12(2)18(13)14)4-5-16-9-10-7-17-11-9/h8H,3-7H2,1-2H3,(H,10,11)(H,13,14)/t8-/m0/s1. The first kappa shape index (κ1) is 15.3. The Morgan fingerprint density at radius 2 is 2.50 bits per heavy atom. The molecule has 1 aliphatic heterocycles. The van der Waals surface area contributed by atoms with E-state index in [9.17, 15) is 4.21 Å². The van der Waals surface area contributed by atoms with Gasteiger partial charge in [-0.05, 0) is 6.92 Å². The molecule has 1 aliphatic rings. The average molecular weight is 281 g/mol. The molecule has 1 heterocycles. The fourth-order valence-corrected chi connectivity index (χ4v) is 1.69. The molecule has 0 spiro atoms. The van der Waals surface area contributed by atoms with Gasteiger partial charge in [0, 0.05) is 26.6 Å². The summed E-state index contributed by atoms with van der Waals surface area (Å²) in [5, 5.41) is 0. The second-order valence-electron chi connectivity index (χ2n) is 3.59. The third-order valence-corrected chi connectivity index (χ3v) is 2.92. The van der Waals surface area contributed by atoms with Crippen molar-refractivity contribution in [3.05, 3.63) is 0 Å². The van der Waals surface area contributed by atoms with E-state index in [2.05, 4.69) is 10.5 Å². The number of ether oxygens (including phenoxy) is 2. The molecule has 0 aromatic heterocycles. The molecule has 0 aliphatic carbocycles. The normalized spacial score (nSPS) is 18.3. The molecule has 0 fully saturated rings. The molecule has 2 N–H and O–H groups in total. The van der Waals surface area contributed by atoms with E-state index < -0.39 is 11.3 Å². The number of nitrogens with zero attached hydrogens (tertiary/aromatic N) is 2. The lowest BCUT2D eigenvalue weighted by molar-refractivity contribution is 0.0335. The Hall–Kier alpha value is -0.740. The third-order valence-electron chi connectivity index (χ3n) is 2.24. The molecule has 0 amide bonds. The molecule has 0 saturated carbocycles. The number of hydrogen-bond donors (Lipinski definition) is 2. The van der Waals surface area contributed by atoms with Crippen LogP contribution in [0.15, 0.2) is 4.99 Å². The van der Waals surface area contributed by atoms with E-state index >= 15 is 0 Å². The Kier molecular flexibility index (Phi) is 7.13. The van der Waals surface area contributed by atoms with Gasteiger partial charge < -0.3 is 9.47 Å². The van der Waals surface area contributed by atoms with E-state index in [1.807, 2.05) is 6.92 Å². The highest BCUT2D eigenvalue weighted by Crippen LogP contribution is 2.03. The first-order chi connectivity index (χ1) is 8.63. The number of amidine groups is 1. The van der Waals surface area contributed by atoms with E-state index in [-0.39, 0.29) is 12.8 Å². The van der Waals surface area contributed by atoms with Crippen molar-refractivity contribution in [2.45, 2.75) is 19.4 Å². The van der Waals surface area contributed by atoms with Gasteiger partial charge >= 0.3 is 6.02 Å². The molecule has 0 aromatic carbocycles. The molecule has 106 valence electrons. The number of hydrogen-bond acceptors (Lipinski definition) is 6. The fraction of sp³-hybridized carbons (Fsp3) is 0.889. The van der Waals surface area contributed by atoms with E-state index in [1.165, 1.54) is 4.31 Å². The summed E-state index contributed by atoms with van der Waals surface area (Å²) in [7, 11) is 1.55. The van der Waals surface area contributed by atoms with Gasteiger partial charge in [0.15, 0.2) is 6.73 Å². The smallest absolute Gasteiger partial charge is 0.311 e. The van der Waals surface area contributed by atoms with Crippen molar-refractivity contribution in [1.29, 1.82) is 0 Å². The number of nitrogens with one attached hydrogen (secondary N) is 1. The molecule has 1 rings (SSSR count). The maximum absolute atomic E-state index is 10.8. The van der Waals surface area contributed by atoms with Gasteiger partial charge in [-0.25, -0.2) is 23.8 Å². The summed E-state index contributed by atoms with van der Waals surface area (Å²) in [5.41, 5.74) is 2.51. The molecule has 0 aromatic rings. The molecule has 2 atom stereocenters. The molecular weight excluding hydrogens is 262 g/mol. The Morgan fingerprint density at radius 3 is 3.06 bits per heavy atom. The number of rotatable bonds is 8. The van der Waals surface area contributed by atoms with E-state index in [4.69, 9.17) is 18.9 Å². The predicted molar refractivity (Wildman–Crippen MR) is 65.9 cm³/mol. The van der Waals surface area contributed by atoms with E-state index in [0.717, 1.165) is 0 Å². The Balaban J connectivity index is 2.25. The van der Waals surface area contributed by atoms with Crippen molar-refractivity contribution in [3.63, 3.8) is 0 Å². The molecule has 0 radical (unpaired) electrons. The van der Waals surface area contributed by atoms with Gasteiger partial charge in [0.1, 0.15) is 0 Å². The van der Waals surface area contributed by atoms with Gasteiger partial charge in [0.25, 0.3) is 0 Å². The SMILES string of the molecule is CCO[C@@H](CCOC1=NCON1)CN(C)S(=O)O. The lowest BCUT2D eigenvalue weighted by Crippen LogP contribution is -2.33. The highest BCUT2D eigenvalue weighted by atomic mass is 32.2. The summed E-state index contributed by atoms with van der Waals surface area (Å²) < 4.78 is 31.8. The second-order valence-corrected chi connectivity index (χ2v) is 4.68. The van der Waals surface area contributed by atoms with Crippen LogP contribution in [-0.4, -0.2) is 58.7 Å². The lowest BCUT2D eigenvalue weighted by atomic mass is 10.2. The van der Waals surface area contributed by atoms with Crippen LogP contribution in [0.2, 0.25) is 0 Å². The minimum Gasteiger partial charge on any atom is -0.464 e. The summed E-state index contributed by atoms with van der Waals surface area (Å²) in [6.45, 7) is 3.41. The fourth-order valence-electron chi connectivity index (χ4n) is 1.39. The van der Waals surface area contributed by atoms with Gasteiger partial charge in [-0.2, -0.15) is 0 Å². The van der Waals surface area contributed by atoms with Crippen molar-refractivity contribution in [3.8, 4) is 0 Å². The van der Waals surface area contributed by atoms with Crippen LogP contribution in [-0.2, 0) is 25.6 Å². The molecule has 1 unspecified atom stereocenters. The topological polar surface area (TPSA) is 92.6 Å². The molecule has 0 bridgehead atoms.